The third-order valence-corrected chi connectivity index (χ3v) is 4.21. The molecule has 1 fully saturated rings. The fourth-order valence-electron chi connectivity index (χ4n) is 2.71. The fraction of sp³-hybridized carbons (Fsp3) is 0.571. The lowest BCUT2D eigenvalue weighted by atomic mass is 10.0. The largest absolute Gasteiger partial charge is 0.362 e. The second-order valence-corrected chi connectivity index (χ2v) is 6.34. The standard InChI is InChI=1S/C14H21BrN4O/c1-19(2)13-11(6-10(15)8-17-13)14(20)18-12-5-3-4-9(12)7-16/h6,8-9,12H,3-5,7,16H2,1-2H3,(H,18,20). The van der Waals surface area contributed by atoms with Gasteiger partial charge in [-0.1, -0.05) is 6.42 Å². The average Bonchev–Trinajstić information content (AvgIpc) is 2.85. The van der Waals surface area contributed by atoms with E-state index in [-0.39, 0.29) is 11.9 Å². The molecule has 20 heavy (non-hydrogen) atoms. The van der Waals surface area contributed by atoms with Crippen LogP contribution in [-0.4, -0.2) is 37.6 Å². The molecule has 1 amide bonds. The third-order valence-electron chi connectivity index (χ3n) is 3.78. The van der Waals surface area contributed by atoms with Gasteiger partial charge in [0.2, 0.25) is 0 Å². The minimum atomic E-state index is -0.0761. The lowest BCUT2D eigenvalue weighted by Gasteiger charge is -2.21. The number of nitrogens with one attached hydrogen (secondary N) is 1. The van der Waals surface area contributed by atoms with Crippen molar-refractivity contribution in [1.82, 2.24) is 10.3 Å². The molecule has 110 valence electrons. The summed E-state index contributed by atoms with van der Waals surface area (Å²) in [5.74, 6) is 0.989. The first-order valence-corrected chi connectivity index (χ1v) is 7.66. The Morgan fingerprint density at radius 3 is 2.95 bits per heavy atom. The number of amides is 1. The highest BCUT2D eigenvalue weighted by atomic mass is 79.9. The zero-order valence-corrected chi connectivity index (χ0v) is 13.5. The summed E-state index contributed by atoms with van der Waals surface area (Å²) < 4.78 is 0.801. The lowest BCUT2D eigenvalue weighted by molar-refractivity contribution is 0.0929. The number of carbonyl (C=O) groups is 1. The highest BCUT2D eigenvalue weighted by Gasteiger charge is 2.28. The molecule has 0 bridgehead atoms. The summed E-state index contributed by atoms with van der Waals surface area (Å²) in [7, 11) is 3.76. The van der Waals surface area contributed by atoms with E-state index in [1.54, 1.807) is 6.20 Å². The van der Waals surface area contributed by atoms with Crippen molar-refractivity contribution in [3.63, 3.8) is 0 Å². The zero-order chi connectivity index (χ0) is 14.7. The maximum absolute atomic E-state index is 12.5. The van der Waals surface area contributed by atoms with Crippen molar-refractivity contribution in [3.05, 3.63) is 22.3 Å². The Hall–Kier alpha value is -1.14. The van der Waals surface area contributed by atoms with E-state index in [9.17, 15) is 4.79 Å². The maximum atomic E-state index is 12.5. The van der Waals surface area contributed by atoms with Gasteiger partial charge in [0.1, 0.15) is 5.82 Å². The van der Waals surface area contributed by atoms with Crippen LogP contribution in [0.1, 0.15) is 29.6 Å². The number of carbonyl (C=O) groups excluding carboxylic acids is 1. The molecule has 1 saturated carbocycles. The van der Waals surface area contributed by atoms with Crippen LogP contribution in [0.5, 0.6) is 0 Å². The first-order valence-electron chi connectivity index (χ1n) is 6.86. The number of nitrogens with zero attached hydrogens (tertiary/aromatic N) is 2. The summed E-state index contributed by atoms with van der Waals surface area (Å²) in [6, 6.07) is 1.99. The van der Waals surface area contributed by atoms with Crippen molar-refractivity contribution in [2.75, 3.05) is 25.5 Å². The molecule has 0 saturated heterocycles. The summed E-state index contributed by atoms with van der Waals surface area (Å²) in [6.45, 7) is 0.627. The summed E-state index contributed by atoms with van der Waals surface area (Å²) in [6.07, 6.45) is 4.93. The van der Waals surface area contributed by atoms with Crippen LogP contribution >= 0.6 is 15.9 Å². The second kappa shape index (κ2) is 6.54. The second-order valence-electron chi connectivity index (χ2n) is 5.43. The Bertz CT molecular complexity index is 492. The minimum absolute atomic E-state index is 0.0761. The molecule has 1 aliphatic carbocycles. The van der Waals surface area contributed by atoms with Gasteiger partial charge in [0.25, 0.3) is 5.91 Å². The molecule has 0 radical (unpaired) electrons. The number of hydrogen-bond acceptors (Lipinski definition) is 4. The fourth-order valence-corrected chi connectivity index (χ4v) is 3.04. The van der Waals surface area contributed by atoms with Crippen LogP contribution in [-0.2, 0) is 0 Å². The van der Waals surface area contributed by atoms with Gasteiger partial charge in [-0.15, -0.1) is 0 Å². The van der Waals surface area contributed by atoms with Gasteiger partial charge in [-0.2, -0.15) is 0 Å². The smallest absolute Gasteiger partial charge is 0.255 e. The maximum Gasteiger partial charge on any atom is 0.255 e. The molecule has 6 heteroatoms. The van der Waals surface area contributed by atoms with Gasteiger partial charge in [-0.3, -0.25) is 4.79 Å². The van der Waals surface area contributed by atoms with Crippen LogP contribution < -0.4 is 16.0 Å². The molecule has 2 rings (SSSR count). The number of rotatable bonds is 4. The highest BCUT2D eigenvalue weighted by Crippen LogP contribution is 2.26. The molecule has 1 aromatic heterocycles. The first kappa shape index (κ1) is 15.3. The molecule has 0 spiro atoms. The molecule has 1 aliphatic rings. The van der Waals surface area contributed by atoms with Crippen LogP contribution in [0.4, 0.5) is 5.82 Å². The number of pyridine rings is 1. The van der Waals surface area contributed by atoms with Crippen LogP contribution in [0, 0.1) is 5.92 Å². The summed E-state index contributed by atoms with van der Waals surface area (Å²) in [4.78, 5) is 18.6. The van der Waals surface area contributed by atoms with E-state index < -0.39 is 0 Å². The molecular formula is C14H21BrN4O. The number of hydrogen-bond donors (Lipinski definition) is 2. The Labute approximate surface area is 128 Å². The van der Waals surface area contributed by atoms with Crippen LogP contribution in [0.25, 0.3) is 0 Å². The molecule has 0 aliphatic heterocycles. The summed E-state index contributed by atoms with van der Waals surface area (Å²) >= 11 is 3.37. The quantitative estimate of drug-likeness (QED) is 0.876. The van der Waals surface area contributed by atoms with Crippen molar-refractivity contribution in [2.24, 2.45) is 11.7 Å². The Kier molecular flexibility index (Phi) is 4.99. The van der Waals surface area contributed by atoms with Gasteiger partial charge in [-0.05, 0) is 47.3 Å². The van der Waals surface area contributed by atoms with Crippen molar-refractivity contribution in [3.8, 4) is 0 Å². The van der Waals surface area contributed by atoms with Gasteiger partial charge in [-0.25, -0.2) is 4.98 Å². The van der Waals surface area contributed by atoms with Gasteiger partial charge in [0.05, 0.1) is 5.56 Å². The predicted molar refractivity (Wildman–Crippen MR) is 83.9 cm³/mol. The Balaban J connectivity index is 2.18. The van der Waals surface area contributed by atoms with E-state index >= 15 is 0 Å². The van der Waals surface area contributed by atoms with E-state index in [1.807, 2.05) is 25.1 Å². The normalized spacial score (nSPS) is 21.8. The molecule has 1 heterocycles. The molecule has 3 N–H and O–H groups in total. The predicted octanol–water partition coefficient (Wildman–Crippen LogP) is 1.77. The minimum Gasteiger partial charge on any atom is -0.362 e. The van der Waals surface area contributed by atoms with Crippen LogP contribution in [0.2, 0.25) is 0 Å². The molecule has 2 atom stereocenters. The number of halogens is 1. The van der Waals surface area contributed by atoms with E-state index in [2.05, 4.69) is 26.2 Å². The van der Waals surface area contributed by atoms with E-state index in [4.69, 9.17) is 5.73 Å². The average molecular weight is 341 g/mol. The Morgan fingerprint density at radius 1 is 1.55 bits per heavy atom. The van der Waals surface area contributed by atoms with E-state index in [1.165, 1.54) is 0 Å². The van der Waals surface area contributed by atoms with E-state index in [0.29, 0.717) is 23.8 Å². The number of anilines is 1. The summed E-state index contributed by atoms with van der Waals surface area (Å²) in [5.41, 5.74) is 6.35. The van der Waals surface area contributed by atoms with Crippen molar-refractivity contribution < 1.29 is 4.79 Å². The number of aromatic nitrogens is 1. The third kappa shape index (κ3) is 3.30. The van der Waals surface area contributed by atoms with Gasteiger partial charge in [0.15, 0.2) is 0 Å². The molecule has 1 aromatic rings. The zero-order valence-electron chi connectivity index (χ0n) is 11.9. The van der Waals surface area contributed by atoms with Gasteiger partial charge in [0, 0.05) is 30.8 Å². The molecular weight excluding hydrogens is 320 g/mol. The topological polar surface area (TPSA) is 71.2 Å². The molecule has 0 aromatic carbocycles. The van der Waals surface area contributed by atoms with E-state index in [0.717, 1.165) is 23.7 Å². The monoisotopic (exact) mass is 340 g/mol. The van der Waals surface area contributed by atoms with Crippen LogP contribution in [0.3, 0.4) is 0 Å². The molecule has 5 nitrogen and oxygen atoms in total. The Morgan fingerprint density at radius 2 is 2.30 bits per heavy atom. The van der Waals surface area contributed by atoms with Crippen molar-refractivity contribution in [2.45, 2.75) is 25.3 Å². The van der Waals surface area contributed by atoms with Gasteiger partial charge < -0.3 is 16.0 Å². The van der Waals surface area contributed by atoms with Gasteiger partial charge >= 0.3 is 0 Å². The lowest BCUT2D eigenvalue weighted by Crippen LogP contribution is -2.40. The SMILES string of the molecule is CN(C)c1ncc(Br)cc1C(=O)NC1CCCC1CN. The van der Waals surface area contributed by atoms with Crippen LogP contribution in [0.15, 0.2) is 16.7 Å². The highest BCUT2D eigenvalue weighted by molar-refractivity contribution is 9.10. The number of nitrogens with two attached hydrogens (primary N) is 1. The van der Waals surface area contributed by atoms with Crippen molar-refractivity contribution in [1.29, 1.82) is 0 Å². The van der Waals surface area contributed by atoms with Crippen molar-refractivity contribution >= 4 is 27.7 Å². The summed E-state index contributed by atoms with van der Waals surface area (Å²) in [5, 5.41) is 3.11. The molecule has 2 unspecified atom stereocenters. The first-order chi connectivity index (χ1) is 9.52.